The van der Waals surface area contributed by atoms with E-state index in [-0.39, 0.29) is 6.54 Å². The summed E-state index contributed by atoms with van der Waals surface area (Å²) in [5.74, 6) is 0. The van der Waals surface area contributed by atoms with Gasteiger partial charge in [0.25, 0.3) is 0 Å². The van der Waals surface area contributed by atoms with Crippen LogP contribution in [0.4, 0.5) is 13.2 Å². The third kappa shape index (κ3) is 3.48. The van der Waals surface area contributed by atoms with Crippen molar-refractivity contribution in [2.24, 2.45) is 0 Å². The Bertz CT molecular complexity index is 551. The summed E-state index contributed by atoms with van der Waals surface area (Å²) < 4.78 is 38.6. The molecular formula is C12H10ClF3N2O. The molecule has 19 heavy (non-hydrogen) atoms. The van der Waals surface area contributed by atoms with Gasteiger partial charge in [-0.25, -0.2) is 0 Å². The number of rotatable bonds is 3. The molecule has 0 amide bonds. The molecule has 2 rings (SSSR count). The third-order valence-electron chi connectivity index (χ3n) is 2.58. The molecule has 0 spiro atoms. The second-order valence-corrected chi connectivity index (χ2v) is 4.45. The molecule has 1 atom stereocenters. The Morgan fingerprint density at radius 3 is 2.37 bits per heavy atom. The number of aliphatic hydroxyl groups excluding tert-OH is 1. The first-order valence-corrected chi connectivity index (χ1v) is 5.77. The maximum absolute atomic E-state index is 12.4. The Morgan fingerprint density at radius 2 is 1.89 bits per heavy atom. The van der Waals surface area contributed by atoms with E-state index >= 15 is 0 Å². The highest BCUT2D eigenvalue weighted by Gasteiger charge is 2.30. The van der Waals surface area contributed by atoms with E-state index in [2.05, 4.69) is 5.10 Å². The zero-order chi connectivity index (χ0) is 14.0. The van der Waals surface area contributed by atoms with Crippen LogP contribution in [0.2, 0.25) is 5.02 Å². The zero-order valence-electron chi connectivity index (χ0n) is 9.60. The molecule has 7 heteroatoms. The lowest BCUT2D eigenvalue weighted by Gasteiger charge is -2.12. The number of aliphatic hydroxyl groups is 1. The molecule has 3 nitrogen and oxygen atoms in total. The van der Waals surface area contributed by atoms with E-state index in [0.717, 1.165) is 12.1 Å². The fourth-order valence-corrected chi connectivity index (χ4v) is 1.77. The third-order valence-corrected chi connectivity index (χ3v) is 2.78. The Labute approximate surface area is 112 Å². The molecule has 1 unspecified atom stereocenters. The monoisotopic (exact) mass is 290 g/mol. The van der Waals surface area contributed by atoms with E-state index in [1.54, 1.807) is 0 Å². The van der Waals surface area contributed by atoms with Crippen molar-refractivity contribution in [1.82, 2.24) is 9.78 Å². The first-order valence-electron chi connectivity index (χ1n) is 5.39. The summed E-state index contributed by atoms with van der Waals surface area (Å²) in [6.45, 7) is 0.123. The van der Waals surface area contributed by atoms with E-state index in [1.807, 2.05) is 0 Å². The summed E-state index contributed by atoms with van der Waals surface area (Å²) in [5, 5.41) is 14.2. The largest absolute Gasteiger partial charge is 0.416 e. The zero-order valence-corrected chi connectivity index (χ0v) is 10.4. The predicted octanol–water partition coefficient (Wildman–Crippen LogP) is 3.29. The second kappa shape index (κ2) is 5.22. The SMILES string of the molecule is OC(Cn1cc(Cl)cn1)c1ccc(C(F)(F)F)cc1. The minimum atomic E-state index is -4.38. The number of alkyl halides is 3. The molecule has 0 aliphatic rings. The van der Waals surface area contributed by atoms with Gasteiger partial charge >= 0.3 is 6.18 Å². The summed E-state index contributed by atoms with van der Waals surface area (Å²) in [4.78, 5) is 0. The standard InChI is InChI=1S/C12H10ClF3N2O/c13-10-5-17-18(6-10)7-11(19)8-1-3-9(4-2-8)12(14,15)16/h1-6,11,19H,7H2. The van der Waals surface area contributed by atoms with Gasteiger partial charge in [-0.1, -0.05) is 23.7 Å². The Hall–Kier alpha value is -1.53. The normalized spacial score (nSPS) is 13.5. The van der Waals surface area contributed by atoms with Crippen molar-refractivity contribution >= 4 is 11.6 Å². The van der Waals surface area contributed by atoms with Crippen LogP contribution in [0.15, 0.2) is 36.7 Å². The molecule has 102 valence electrons. The fourth-order valence-electron chi connectivity index (χ4n) is 1.62. The van der Waals surface area contributed by atoms with E-state index < -0.39 is 17.8 Å². The molecule has 1 N–H and O–H groups in total. The maximum atomic E-state index is 12.4. The first kappa shape index (κ1) is 13.9. The molecule has 0 bridgehead atoms. The average Bonchev–Trinajstić information content (AvgIpc) is 2.74. The second-order valence-electron chi connectivity index (χ2n) is 4.02. The van der Waals surface area contributed by atoms with Crippen molar-refractivity contribution in [3.63, 3.8) is 0 Å². The molecule has 2 aromatic rings. The lowest BCUT2D eigenvalue weighted by molar-refractivity contribution is -0.137. The van der Waals surface area contributed by atoms with Gasteiger partial charge in [-0.2, -0.15) is 18.3 Å². The first-order chi connectivity index (χ1) is 8.86. The van der Waals surface area contributed by atoms with E-state index in [9.17, 15) is 18.3 Å². The maximum Gasteiger partial charge on any atom is 0.416 e. The van der Waals surface area contributed by atoms with Crippen molar-refractivity contribution in [1.29, 1.82) is 0 Å². The van der Waals surface area contributed by atoms with E-state index in [4.69, 9.17) is 11.6 Å². The van der Waals surface area contributed by atoms with Gasteiger partial charge in [0.15, 0.2) is 0 Å². The minimum absolute atomic E-state index is 0.123. The van der Waals surface area contributed by atoms with Gasteiger partial charge in [0.1, 0.15) is 0 Å². The number of hydrogen-bond acceptors (Lipinski definition) is 2. The van der Waals surface area contributed by atoms with Gasteiger partial charge in [0.05, 0.1) is 29.4 Å². The lowest BCUT2D eigenvalue weighted by atomic mass is 10.1. The molecular weight excluding hydrogens is 281 g/mol. The summed E-state index contributed by atoms with van der Waals surface area (Å²) in [5.41, 5.74) is -0.356. The molecule has 0 radical (unpaired) electrons. The van der Waals surface area contributed by atoms with Crippen LogP contribution >= 0.6 is 11.6 Å². The summed E-state index contributed by atoms with van der Waals surface area (Å²) in [7, 11) is 0. The van der Waals surface area contributed by atoms with Gasteiger partial charge in [-0.05, 0) is 17.7 Å². The molecule has 1 aromatic carbocycles. The molecule has 0 fully saturated rings. The highest BCUT2D eigenvalue weighted by molar-refractivity contribution is 6.30. The summed E-state index contributed by atoms with van der Waals surface area (Å²) in [6.07, 6.45) is -2.38. The van der Waals surface area contributed by atoms with Crippen molar-refractivity contribution in [3.8, 4) is 0 Å². The van der Waals surface area contributed by atoms with Crippen LogP contribution in [0, 0.1) is 0 Å². The summed E-state index contributed by atoms with van der Waals surface area (Å²) in [6, 6.07) is 4.38. The van der Waals surface area contributed by atoms with E-state index in [0.29, 0.717) is 10.6 Å². The molecule has 1 heterocycles. The summed E-state index contributed by atoms with van der Waals surface area (Å²) >= 11 is 5.67. The van der Waals surface area contributed by atoms with E-state index in [1.165, 1.54) is 29.2 Å². The molecule has 0 saturated heterocycles. The molecule has 0 aliphatic carbocycles. The average molecular weight is 291 g/mol. The van der Waals surface area contributed by atoms with Crippen LogP contribution in [0.5, 0.6) is 0 Å². The van der Waals surface area contributed by atoms with Crippen LogP contribution in [0.25, 0.3) is 0 Å². The van der Waals surface area contributed by atoms with Gasteiger partial charge in [-0.15, -0.1) is 0 Å². The van der Waals surface area contributed by atoms with Gasteiger partial charge in [-0.3, -0.25) is 4.68 Å². The Balaban J connectivity index is 2.09. The van der Waals surface area contributed by atoms with Crippen LogP contribution in [0.1, 0.15) is 17.2 Å². The van der Waals surface area contributed by atoms with Crippen LogP contribution in [-0.4, -0.2) is 14.9 Å². The molecule has 1 aromatic heterocycles. The lowest BCUT2D eigenvalue weighted by Crippen LogP contribution is -2.10. The quantitative estimate of drug-likeness (QED) is 0.942. The van der Waals surface area contributed by atoms with Crippen molar-refractivity contribution in [2.75, 3.05) is 0 Å². The highest BCUT2D eigenvalue weighted by Crippen LogP contribution is 2.30. The topological polar surface area (TPSA) is 38.0 Å². The molecule has 0 aliphatic heterocycles. The van der Waals surface area contributed by atoms with Crippen molar-refractivity contribution < 1.29 is 18.3 Å². The number of aromatic nitrogens is 2. The van der Waals surface area contributed by atoms with Crippen molar-refractivity contribution in [2.45, 2.75) is 18.8 Å². The van der Waals surface area contributed by atoms with Gasteiger partial charge < -0.3 is 5.11 Å². The number of hydrogen-bond donors (Lipinski definition) is 1. The highest BCUT2D eigenvalue weighted by atomic mass is 35.5. The Kier molecular flexibility index (Phi) is 3.82. The number of nitrogens with zero attached hydrogens (tertiary/aromatic N) is 2. The van der Waals surface area contributed by atoms with Gasteiger partial charge in [0.2, 0.25) is 0 Å². The smallest absolute Gasteiger partial charge is 0.386 e. The van der Waals surface area contributed by atoms with Crippen LogP contribution in [-0.2, 0) is 12.7 Å². The van der Waals surface area contributed by atoms with Crippen LogP contribution < -0.4 is 0 Å². The predicted molar refractivity (Wildman–Crippen MR) is 63.6 cm³/mol. The Morgan fingerprint density at radius 1 is 1.26 bits per heavy atom. The fraction of sp³-hybridized carbons (Fsp3) is 0.250. The van der Waals surface area contributed by atoms with Crippen molar-refractivity contribution in [3.05, 3.63) is 52.8 Å². The van der Waals surface area contributed by atoms with Crippen LogP contribution in [0.3, 0.4) is 0 Å². The molecule has 0 saturated carbocycles. The van der Waals surface area contributed by atoms with Gasteiger partial charge in [0, 0.05) is 6.20 Å². The minimum Gasteiger partial charge on any atom is -0.386 e. The number of halogens is 4. The number of benzene rings is 1.